The van der Waals surface area contributed by atoms with Crippen molar-refractivity contribution in [2.75, 3.05) is 53.1 Å². The third kappa shape index (κ3) is 8.31. The van der Waals surface area contributed by atoms with Crippen LogP contribution in [0.1, 0.15) is 17.5 Å². The molecular weight excluding hydrogens is 484 g/mol. The van der Waals surface area contributed by atoms with E-state index < -0.39 is 5.60 Å². The minimum atomic E-state index is -1.24. The van der Waals surface area contributed by atoms with E-state index in [4.69, 9.17) is 14.2 Å². The van der Waals surface area contributed by atoms with E-state index in [-0.39, 0.29) is 25.7 Å². The van der Waals surface area contributed by atoms with Gasteiger partial charge in [-0.25, -0.2) is 0 Å². The molecule has 0 unspecified atom stereocenters. The predicted octanol–water partition coefficient (Wildman–Crippen LogP) is 2.76. The second kappa shape index (κ2) is 13.4. The van der Waals surface area contributed by atoms with Crippen LogP contribution < -0.4 is 9.47 Å². The molecule has 4 rings (SSSR count). The first-order valence-electron chi connectivity index (χ1n) is 13.0. The first-order chi connectivity index (χ1) is 18.4. The minimum Gasteiger partial charge on any atom is -0.494 e. The number of carbonyl (C=O) groups is 1. The first kappa shape index (κ1) is 27.6. The van der Waals surface area contributed by atoms with Gasteiger partial charge in [0.2, 0.25) is 5.91 Å². The molecule has 2 aromatic carbocycles. The third-order valence-corrected chi connectivity index (χ3v) is 6.50. The summed E-state index contributed by atoms with van der Waals surface area (Å²) in [5, 5.41) is 15.9. The molecule has 0 aliphatic carbocycles. The molecule has 0 saturated carbocycles. The standard InChI is InChI=1S/C29H38N4O5/c1-24-8-10-26(11-9-24)38-23-29(35)21-31(15-16-32(22-29)28(34)20-36-2)19-25-6-3-7-27(18-25)37-17-5-14-33-13-4-12-30-33/h3-4,6-13,18,35H,5,14-17,19-23H2,1-2H3/t29-/m1/s1. The summed E-state index contributed by atoms with van der Waals surface area (Å²) < 4.78 is 18.9. The summed E-state index contributed by atoms with van der Waals surface area (Å²) >= 11 is 0. The number of aromatic nitrogens is 2. The number of aryl methyl sites for hydroxylation is 2. The Hall–Kier alpha value is -3.40. The minimum absolute atomic E-state index is 0.0192. The van der Waals surface area contributed by atoms with Gasteiger partial charge in [-0.1, -0.05) is 29.8 Å². The highest BCUT2D eigenvalue weighted by Crippen LogP contribution is 2.22. The van der Waals surface area contributed by atoms with Crippen LogP contribution in [0.2, 0.25) is 0 Å². The highest BCUT2D eigenvalue weighted by molar-refractivity contribution is 5.77. The number of rotatable bonds is 12. The molecule has 204 valence electrons. The molecule has 0 radical (unpaired) electrons. The second-order valence-corrected chi connectivity index (χ2v) is 9.90. The molecule has 9 nitrogen and oxygen atoms in total. The number of hydrogen-bond acceptors (Lipinski definition) is 7. The number of nitrogens with zero attached hydrogens (tertiary/aromatic N) is 4. The Morgan fingerprint density at radius 2 is 1.89 bits per heavy atom. The van der Waals surface area contributed by atoms with E-state index in [1.165, 1.54) is 7.11 Å². The van der Waals surface area contributed by atoms with Gasteiger partial charge in [-0.2, -0.15) is 5.10 Å². The Morgan fingerprint density at radius 1 is 1.05 bits per heavy atom. The Morgan fingerprint density at radius 3 is 2.66 bits per heavy atom. The smallest absolute Gasteiger partial charge is 0.248 e. The number of methoxy groups -OCH3 is 1. The SMILES string of the molecule is COCC(=O)N1CCN(Cc2cccc(OCCCn3cccn3)c2)C[C@](O)(COc2ccc(C)cc2)C1. The molecule has 38 heavy (non-hydrogen) atoms. The van der Waals surface area contributed by atoms with Gasteiger partial charge in [0.05, 0.1) is 13.2 Å². The molecule has 0 bridgehead atoms. The van der Waals surface area contributed by atoms with Gasteiger partial charge in [-0.3, -0.25) is 14.4 Å². The summed E-state index contributed by atoms with van der Waals surface area (Å²) in [6, 6.07) is 17.7. The Balaban J connectivity index is 1.38. The zero-order chi connectivity index (χ0) is 26.8. The lowest BCUT2D eigenvalue weighted by molar-refractivity contribution is -0.138. The van der Waals surface area contributed by atoms with Gasteiger partial charge in [-0.15, -0.1) is 0 Å². The van der Waals surface area contributed by atoms with Crippen molar-refractivity contribution in [2.24, 2.45) is 0 Å². The van der Waals surface area contributed by atoms with Crippen LogP contribution in [0.3, 0.4) is 0 Å². The Bertz CT molecular complexity index is 1140. The zero-order valence-electron chi connectivity index (χ0n) is 22.3. The summed E-state index contributed by atoms with van der Waals surface area (Å²) in [6.45, 7) is 5.75. The number of hydrogen-bond donors (Lipinski definition) is 1. The molecule has 1 aliphatic rings. The first-order valence-corrected chi connectivity index (χ1v) is 13.0. The van der Waals surface area contributed by atoms with E-state index in [9.17, 15) is 9.90 Å². The van der Waals surface area contributed by atoms with Crippen molar-refractivity contribution in [1.29, 1.82) is 0 Å². The monoisotopic (exact) mass is 522 g/mol. The van der Waals surface area contributed by atoms with Crippen LogP contribution >= 0.6 is 0 Å². The average molecular weight is 523 g/mol. The lowest BCUT2D eigenvalue weighted by Crippen LogP contribution is -2.52. The van der Waals surface area contributed by atoms with Gasteiger partial charge in [-0.05, 0) is 42.8 Å². The maximum atomic E-state index is 12.7. The molecule has 0 spiro atoms. The summed E-state index contributed by atoms with van der Waals surface area (Å²) in [5.41, 5.74) is 0.969. The van der Waals surface area contributed by atoms with Crippen molar-refractivity contribution in [3.63, 3.8) is 0 Å². The number of amides is 1. The van der Waals surface area contributed by atoms with Crippen LogP contribution in [-0.2, 0) is 22.6 Å². The normalized spacial score (nSPS) is 18.2. The maximum absolute atomic E-state index is 12.7. The second-order valence-electron chi connectivity index (χ2n) is 9.90. The highest BCUT2D eigenvalue weighted by atomic mass is 16.5. The fourth-order valence-electron chi connectivity index (χ4n) is 4.59. The van der Waals surface area contributed by atoms with Crippen molar-refractivity contribution in [2.45, 2.75) is 32.0 Å². The van der Waals surface area contributed by atoms with Crippen LogP contribution in [0, 0.1) is 6.92 Å². The highest BCUT2D eigenvalue weighted by Gasteiger charge is 2.37. The van der Waals surface area contributed by atoms with E-state index in [1.54, 1.807) is 11.1 Å². The van der Waals surface area contributed by atoms with E-state index >= 15 is 0 Å². The molecule has 1 atom stereocenters. The molecular formula is C29H38N4O5. The summed E-state index contributed by atoms with van der Waals surface area (Å²) in [6.07, 6.45) is 4.58. The largest absolute Gasteiger partial charge is 0.494 e. The van der Waals surface area contributed by atoms with Crippen molar-refractivity contribution < 1.29 is 24.1 Å². The molecule has 1 amide bonds. The summed E-state index contributed by atoms with van der Waals surface area (Å²) in [5.74, 6) is 1.35. The van der Waals surface area contributed by atoms with Crippen molar-refractivity contribution in [3.8, 4) is 11.5 Å². The number of carbonyl (C=O) groups excluding carboxylic acids is 1. The van der Waals surface area contributed by atoms with Gasteiger partial charge in [0.1, 0.15) is 30.3 Å². The van der Waals surface area contributed by atoms with Gasteiger partial charge < -0.3 is 24.2 Å². The maximum Gasteiger partial charge on any atom is 0.248 e. The predicted molar refractivity (Wildman–Crippen MR) is 144 cm³/mol. The molecule has 1 saturated heterocycles. The molecule has 1 fully saturated rings. The molecule has 3 aromatic rings. The van der Waals surface area contributed by atoms with Crippen LogP contribution in [-0.4, -0.2) is 89.3 Å². The quantitative estimate of drug-likeness (QED) is 0.366. The third-order valence-electron chi connectivity index (χ3n) is 6.50. The number of ether oxygens (including phenoxy) is 3. The van der Waals surface area contributed by atoms with Crippen molar-refractivity contribution >= 4 is 5.91 Å². The van der Waals surface area contributed by atoms with E-state index in [2.05, 4.69) is 16.1 Å². The Labute approximate surface area is 224 Å². The molecule has 9 heteroatoms. The van der Waals surface area contributed by atoms with Crippen LogP contribution in [0.5, 0.6) is 11.5 Å². The van der Waals surface area contributed by atoms with E-state index in [1.807, 2.05) is 66.3 Å². The molecule has 1 aromatic heterocycles. The topological polar surface area (TPSA) is 89.3 Å². The van der Waals surface area contributed by atoms with Crippen molar-refractivity contribution in [3.05, 3.63) is 78.1 Å². The van der Waals surface area contributed by atoms with Crippen molar-refractivity contribution in [1.82, 2.24) is 19.6 Å². The molecule has 2 heterocycles. The van der Waals surface area contributed by atoms with Crippen LogP contribution in [0.25, 0.3) is 0 Å². The lowest BCUT2D eigenvalue weighted by Gasteiger charge is -2.33. The summed E-state index contributed by atoms with van der Waals surface area (Å²) in [4.78, 5) is 16.5. The van der Waals surface area contributed by atoms with Crippen LogP contribution in [0.15, 0.2) is 67.0 Å². The summed E-state index contributed by atoms with van der Waals surface area (Å²) in [7, 11) is 1.50. The van der Waals surface area contributed by atoms with E-state index in [0.717, 1.165) is 29.8 Å². The van der Waals surface area contributed by atoms with E-state index in [0.29, 0.717) is 38.5 Å². The number of aliphatic hydroxyl groups is 1. The van der Waals surface area contributed by atoms with Crippen LogP contribution in [0.4, 0.5) is 0 Å². The number of benzene rings is 2. The average Bonchev–Trinajstić information content (AvgIpc) is 3.37. The van der Waals surface area contributed by atoms with Gasteiger partial charge in [0.15, 0.2) is 0 Å². The van der Waals surface area contributed by atoms with Gasteiger partial charge in [0.25, 0.3) is 0 Å². The van der Waals surface area contributed by atoms with Gasteiger partial charge in [0, 0.05) is 58.6 Å². The number of β-amino-alcohol motifs (C(OH)–C–C–N with tert-alkyl or cyclic N) is 1. The van der Waals surface area contributed by atoms with Gasteiger partial charge >= 0.3 is 0 Å². The fraction of sp³-hybridized carbons (Fsp3) is 0.448. The Kier molecular flexibility index (Phi) is 9.75. The molecule has 1 N–H and O–H groups in total. The lowest BCUT2D eigenvalue weighted by atomic mass is 10.0. The fourth-order valence-corrected chi connectivity index (χ4v) is 4.59. The zero-order valence-corrected chi connectivity index (χ0v) is 22.3. The molecule has 1 aliphatic heterocycles.